The van der Waals surface area contributed by atoms with Gasteiger partial charge in [-0.25, -0.2) is 8.78 Å². The zero-order valence-electron chi connectivity index (χ0n) is 13.5. The van der Waals surface area contributed by atoms with Gasteiger partial charge in [0.2, 0.25) is 5.16 Å². The van der Waals surface area contributed by atoms with E-state index in [1.165, 1.54) is 6.07 Å². The van der Waals surface area contributed by atoms with Gasteiger partial charge in [0.05, 0.1) is 11.4 Å². The summed E-state index contributed by atoms with van der Waals surface area (Å²) < 4.78 is 27.8. The average Bonchev–Trinajstić information content (AvgIpc) is 3.03. The van der Waals surface area contributed by atoms with Crippen molar-refractivity contribution < 1.29 is 13.6 Å². The molecule has 0 saturated carbocycles. The normalized spacial score (nSPS) is 10.9. The number of nitrogens with zero attached hydrogens (tertiary/aromatic N) is 4. The van der Waals surface area contributed by atoms with Gasteiger partial charge in [-0.2, -0.15) is 4.68 Å². The van der Waals surface area contributed by atoms with Crippen molar-refractivity contribution in [1.82, 2.24) is 20.2 Å². The van der Waals surface area contributed by atoms with Crippen molar-refractivity contribution in [2.45, 2.75) is 19.0 Å². The Morgan fingerprint density at radius 2 is 1.92 bits per heavy atom. The van der Waals surface area contributed by atoms with Crippen LogP contribution < -0.4 is 0 Å². The molecular weight excluding hydrogens is 346 g/mol. The Balaban J connectivity index is 1.77. The number of tetrazole rings is 1. The second-order valence-electron chi connectivity index (χ2n) is 5.50. The number of hydrogen-bond donors (Lipinski definition) is 0. The summed E-state index contributed by atoms with van der Waals surface area (Å²) in [6, 6.07) is 8.96. The minimum atomic E-state index is -1.05. The first-order valence-electron chi connectivity index (χ1n) is 7.43. The summed E-state index contributed by atoms with van der Waals surface area (Å²) in [5.74, 6) is -2.35. The highest BCUT2D eigenvalue weighted by Gasteiger charge is 2.15. The van der Waals surface area contributed by atoms with E-state index >= 15 is 0 Å². The van der Waals surface area contributed by atoms with Gasteiger partial charge in [-0.15, -0.1) is 5.10 Å². The van der Waals surface area contributed by atoms with Crippen molar-refractivity contribution in [2.75, 3.05) is 5.75 Å². The summed E-state index contributed by atoms with van der Waals surface area (Å²) in [5, 5.41) is 12.0. The molecule has 3 aromatic rings. The molecule has 0 saturated heterocycles. The maximum absolute atomic E-state index is 13.2. The molecule has 128 valence electrons. The molecule has 0 fully saturated rings. The molecule has 0 aliphatic rings. The first-order valence-corrected chi connectivity index (χ1v) is 8.41. The standard InChI is InChI=1S/C17H14F2N4OS/c1-10-3-6-15(11(2)7-10)23-17(20-21-22-23)25-9-16(24)12-4-5-13(18)14(19)8-12/h3-8H,9H2,1-2H3. The highest BCUT2D eigenvalue weighted by Crippen LogP contribution is 2.22. The Bertz CT molecular complexity index is 942. The third kappa shape index (κ3) is 3.74. The van der Waals surface area contributed by atoms with E-state index in [-0.39, 0.29) is 17.1 Å². The summed E-state index contributed by atoms with van der Waals surface area (Å²) in [4.78, 5) is 12.2. The van der Waals surface area contributed by atoms with Gasteiger partial charge in [-0.1, -0.05) is 29.5 Å². The van der Waals surface area contributed by atoms with E-state index in [0.717, 1.165) is 40.7 Å². The quantitative estimate of drug-likeness (QED) is 0.515. The van der Waals surface area contributed by atoms with Gasteiger partial charge in [-0.05, 0) is 54.1 Å². The van der Waals surface area contributed by atoms with E-state index in [1.54, 1.807) is 4.68 Å². The molecule has 25 heavy (non-hydrogen) atoms. The Morgan fingerprint density at radius 1 is 1.12 bits per heavy atom. The average molecular weight is 360 g/mol. The fourth-order valence-corrected chi connectivity index (χ4v) is 3.12. The summed E-state index contributed by atoms with van der Waals surface area (Å²) >= 11 is 1.14. The van der Waals surface area contributed by atoms with Crippen molar-refractivity contribution >= 4 is 17.5 Å². The van der Waals surface area contributed by atoms with E-state index in [2.05, 4.69) is 15.5 Å². The van der Waals surface area contributed by atoms with E-state index in [1.807, 2.05) is 32.0 Å². The Labute approximate surface area is 147 Å². The Morgan fingerprint density at radius 3 is 2.64 bits per heavy atom. The van der Waals surface area contributed by atoms with Crippen LogP contribution in [0, 0.1) is 25.5 Å². The number of thioether (sulfide) groups is 1. The Hall–Kier alpha value is -2.61. The number of Topliss-reactive ketones (excluding diaryl/α,β-unsaturated/α-hetero) is 1. The summed E-state index contributed by atoms with van der Waals surface area (Å²) in [7, 11) is 0. The van der Waals surface area contributed by atoms with Gasteiger partial charge in [0.1, 0.15) is 0 Å². The molecule has 0 N–H and O–H groups in total. The molecule has 0 spiro atoms. The molecule has 0 atom stereocenters. The summed E-state index contributed by atoms with van der Waals surface area (Å²) in [6.45, 7) is 3.94. The van der Waals surface area contributed by atoms with E-state index in [9.17, 15) is 13.6 Å². The topological polar surface area (TPSA) is 60.7 Å². The van der Waals surface area contributed by atoms with Crippen molar-refractivity contribution in [3.63, 3.8) is 0 Å². The van der Waals surface area contributed by atoms with Crippen LogP contribution in [0.5, 0.6) is 0 Å². The minimum absolute atomic E-state index is 0.0103. The number of halogens is 2. The predicted molar refractivity (Wildman–Crippen MR) is 90.0 cm³/mol. The number of carbonyl (C=O) groups excluding carboxylic acids is 1. The minimum Gasteiger partial charge on any atom is -0.293 e. The second-order valence-corrected chi connectivity index (χ2v) is 6.45. The van der Waals surface area contributed by atoms with E-state index in [0.29, 0.717) is 5.16 Å². The number of rotatable bonds is 5. The molecule has 0 radical (unpaired) electrons. The second kappa shape index (κ2) is 7.10. The fourth-order valence-electron chi connectivity index (χ4n) is 2.35. The third-order valence-electron chi connectivity index (χ3n) is 3.60. The van der Waals surface area contributed by atoms with Crippen LogP contribution in [-0.4, -0.2) is 31.7 Å². The first-order chi connectivity index (χ1) is 12.0. The van der Waals surface area contributed by atoms with Crippen molar-refractivity contribution in [1.29, 1.82) is 0 Å². The monoisotopic (exact) mass is 360 g/mol. The van der Waals surface area contributed by atoms with Gasteiger partial charge in [0.15, 0.2) is 17.4 Å². The molecule has 2 aromatic carbocycles. The third-order valence-corrected chi connectivity index (χ3v) is 4.51. The van der Waals surface area contributed by atoms with Crippen LogP contribution in [0.4, 0.5) is 8.78 Å². The van der Waals surface area contributed by atoms with Crippen LogP contribution in [0.25, 0.3) is 5.69 Å². The van der Waals surface area contributed by atoms with Crippen LogP contribution >= 0.6 is 11.8 Å². The summed E-state index contributed by atoms with van der Waals surface area (Å²) in [6.07, 6.45) is 0. The van der Waals surface area contributed by atoms with Crippen LogP contribution in [0.3, 0.4) is 0 Å². The summed E-state index contributed by atoms with van der Waals surface area (Å²) in [5.41, 5.74) is 3.05. The van der Waals surface area contributed by atoms with Crippen LogP contribution in [-0.2, 0) is 0 Å². The van der Waals surface area contributed by atoms with Crippen molar-refractivity contribution in [3.05, 3.63) is 64.7 Å². The van der Waals surface area contributed by atoms with Gasteiger partial charge < -0.3 is 0 Å². The molecule has 0 bridgehead atoms. The lowest BCUT2D eigenvalue weighted by Gasteiger charge is -2.08. The highest BCUT2D eigenvalue weighted by atomic mass is 32.2. The molecule has 1 aromatic heterocycles. The molecule has 8 heteroatoms. The van der Waals surface area contributed by atoms with E-state index in [4.69, 9.17) is 0 Å². The maximum atomic E-state index is 13.2. The maximum Gasteiger partial charge on any atom is 0.214 e. The van der Waals surface area contributed by atoms with E-state index < -0.39 is 11.6 Å². The molecule has 5 nitrogen and oxygen atoms in total. The van der Waals surface area contributed by atoms with Crippen LogP contribution in [0.2, 0.25) is 0 Å². The largest absolute Gasteiger partial charge is 0.293 e. The highest BCUT2D eigenvalue weighted by molar-refractivity contribution is 7.99. The SMILES string of the molecule is Cc1ccc(-n2nnnc2SCC(=O)c2ccc(F)c(F)c2)c(C)c1. The first kappa shape index (κ1) is 17.2. The lowest BCUT2D eigenvalue weighted by atomic mass is 10.1. The molecular formula is C17H14F2N4OS. The van der Waals surface area contributed by atoms with Gasteiger partial charge in [0, 0.05) is 5.56 Å². The molecule has 0 amide bonds. The van der Waals surface area contributed by atoms with Gasteiger partial charge in [0.25, 0.3) is 0 Å². The molecule has 3 rings (SSSR count). The molecule has 0 aliphatic heterocycles. The zero-order valence-corrected chi connectivity index (χ0v) is 14.3. The predicted octanol–water partition coefficient (Wildman–Crippen LogP) is 3.53. The van der Waals surface area contributed by atoms with Gasteiger partial charge in [-0.3, -0.25) is 4.79 Å². The number of ketones is 1. The van der Waals surface area contributed by atoms with Crippen molar-refractivity contribution in [3.8, 4) is 5.69 Å². The number of hydrogen-bond acceptors (Lipinski definition) is 5. The number of benzene rings is 2. The smallest absolute Gasteiger partial charge is 0.214 e. The fraction of sp³-hybridized carbons (Fsp3) is 0.176. The van der Waals surface area contributed by atoms with Crippen LogP contribution in [0.15, 0.2) is 41.6 Å². The van der Waals surface area contributed by atoms with Gasteiger partial charge >= 0.3 is 0 Å². The number of carbonyl (C=O) groups is 1. The lowest BCUT2D eigenvalue weighted by molar-refractivity contribution is 0.102. The zero-order chi connectivity index (χ0) is 18.0. The lowest BCUT2D eigenvalue weighted by Crippen LogP contribution is -2.06. The molecule has 1 heterocycles. The number of aromatic nitrogens is 4. The molecule has 0 aliphatic carbocycles. The Kier molecular flexibility index (Phi) is 4.89. The number of aryl methyl sites for hydroxylation is 2. The van der Waals surface area contributed by atoms with Crippen LogP contribution in [0.1, 0.15) is 21.5 Å². The van der Waals surface area contributed by atoms with Crippen molar-refractivity contribution in [2.24, 2.45) is 0 Å². The molecule has 0 unspecified atom stereocenters.